The molecule has 1 aliphatic rings. The van der Waals surface area contributed by atoms with E-state index in [4.69, 9.17) is 11.6 Å². The fourth-order valence-electron chi connectivity index (χ4n) is 3.19. The predicted octanol–water partition coefficient (Wildman–Crippen LogP) is 4.76. The molecule has 8 heteroatoms. The van der Waals surface area contributed by atoms with Gasteiger partial charge in [-0.1, -0.05) is 30.7 Å². The molecular formula is C22H24ClN3O4. The molecular weight excluding hydrogens is 406 g/mol. The topological polar surface area (TPSA) is 93.8 Å². The van der Waals surface area contributed by atoms with Crippen LogP contribution in [0.4, 0.5) is 0 Å². The van der Waals surface area contributed by atoms with E-state index in [1.54, 1.807) is 11.4 Å². The van der Waals surface area contributed by atoms with Gasteiger partial charge in [0.05, 0.1) is 18.0 Å². The second-order valence-corrected chi connectivity index (χ2v) is 7.42. The molecule has 1 fully saturated rings. The van der Waals surface area contributed by atoms with Crippen LogP contribution in [0.5, 0.6) is 0 Å². The van der Waals surface area contributed by atoms with Crippen molar-refractivity contribution in [2.45, 2.75) is 46.0 Å². The fourth-order valence-corrected chi connectivity index (χ4v) is 3.32. The summed E-state index contributed by atoms with van der Waals surface area (Å²) < 4.78 is 6.12. The maximum atomic E-state index is 11.7. The van der Waals surface area contributed by atoms with Gasteiger partial charge in [-0.15, -0.1) is 0 Å². The first-order valence-electron chi connectivity index (χ1n) is 9.90. The molecule has 0 spiro atoms. The number of esters is 1. The zero-order valence-electron chi connectivity index (χ0n) is 17.2. The summed E-state index contributed by atoms with van der Waals surface area (Å²) in [4.78, 5) is 26.2. The number of hydrogen-bond acceptors (Lipinski definition) is 5. The van der Waals surface area contributed by atoms with E-state index >= 15 is 0 Å². The lowest BCUT2D eigenvalue weighted by atomic mass is 10.1. The maximum Gasteiger partial charge on any atom is 0.341 e. The Balaban J connectivity index is 0.000000377. The summed E-state index contributed by atoms with van der Waals surface area (Å²) in [6, 6.07) is 9.44. The molecule has 158 valence electrons. The van der Waals surface area contributed by atoms with Gasteiger partial charge < -0.3 is 9.84 Å². The third-order valence-corrected chi connectivity index (χ3v) is 4.97. The normalized spacial score (nSPS) is 12.9. The number of rotatable bonds is 5. The molecule has 2 heterocycles. The lowest BCUT2D eigenvalue weighted by Crippen LogP contribution is -2.03. The molecule has 1 aromatic carbocycles. The predicted molar refractivity (Wildman–Crippen MR) is 114 cm³/mol. The number of hydrogen-bond donors (Lipinski definition) is 1. The van der Waals surface area contributed by atoms with E-state index in [-0.39, 0.29) is 11.5 Å². The third-order valence-electron chi connectivity index (χ3n) is 4.72. The molecule has 4 rings (SSSR count). The highest BCUT2D eigenvalue weighted by Gasteiger charge is 2.30. The van der Waals surface area contributed by atoms with Gasteiger partial charge in [0, 0.05) is 29.1 Å². The minimum Gasteiger partial charge on any atom is -0.477 e. The molecule has 0 saturated heterocycles. The number of aryl methyl sites for hydroxylation is 1. The molecule has 0 radical (unpaired) electrons. The maximum absolute atomic E-state index is 11.7. The van der Waals surface area contributed by atoms with Crippen LogP contribution < -0.4 is 0 Å². The quantitative estimate of drug-likeness (QED) is 0.588. The van der Waals surface area contributed by atoms with Gasteiger partial charge in [-0.05, 0) is 44.4 Å². The molecule has 0 aliphatic heterocycles. The minimum atomic E-state index is -0.982. The van der Waals surface area contributed by atoms with E-state index in [0.717, 1.165) is 29.8 Å². The van der Waals surface area contributed by atoms with Crippen LogP contribution >= 0.6 is 11.6 Å². The van der Waals surface area contributed by atoms with Gasteiger partial charge in [0.25, 0.3) is 0 Å². The average Bonchev–Trinajstić information content (AvgIpc) is 3.47. The molecule has 7 nitrogen and oxygen atoms in total. The Kier molecular flexibility index (Phi) is 6.72. The van der Waals surface area contributed by atoms with Crippen molar-refractivity contribution in [1.82, 2.24) is 14.6 Å². The largest absolute Gasteiger partial charge is 0.477 e. The summed E-state index contributed by atoms with van der Waals surface area (Å²) in [5, 5.41) is 14.8. The fraction of sp³-hybridized carbons (Fsp3) is 0.364. The van der Waals surface area contributed by atoms with Crippen LogP contribution in [-0.2, 0) is 16.0 Å². The third kappa shape index (κ3) is 4.79. The number of carbonyl (C=O) groups excluding carboxylic acids is 1. The number of aromatic nitrogens is 3. The number of carboxylic acids is 1. The van der Waals surface area contributed by atoms with Gasteiger partial charge in [0.2, 0.25) is 0 Å². The number of halogens is 1. The number of nitrogens with zero attached hydrogens (tertiary/aromatic N) is 3. The summed E-state index contributed by atoms with van der Waals surface area (Å²) in [6.45, 7) is 5.56. The summed E-state index contributed by atoms with van der Waals surface area (Å²) in [5.41, 5.74) is 3.91. The molecule has 2 aromatic heterocycles. The Labute approximate surface area is 179 Å². The highest BCUT2D eigenvalue weighted by atomic mass is 35.5. The van der Waals surface area contributed by atoms with Crippen LogP contribution in [0.15, 0.2) is 30.3 Å². The Morgan fingerprint density at radius 2 is 1.90 bits per heavy atom. The van der Waals surface area contributed by atoms with Crippen molar-refractivity contribution in [2.75, 3.05) is 6.61 Å². The van der Waals surface area contributed by atoms with Crippen molar-refractivity contribution >= 4 is 29.2 Å². The van der Waals surface area contributed by atoms with E-state index in [1.165, 1.54) is 6.92 Å². The summed E-state index contributed by atoms with van der Waals surface area (Å²) in [6.07, 6.45) is 2.76. The van der Waals surface area contributed by atoms with E-state index < -0.39 is 5.97 Å². The number of fused-ring (bicyclic) bond motifs is 1. The van der Waals surface area contributed by atoms with E-state index in [2.05, 4.69) is 14.8 Å². The summed E-state index contributed by atoms with van der Waals surface area (Å²) in [7, 11) is 0. The van der Waals surface area contributed by atoms with Crippen LogP contribution in [0.3, 0.4) is 0 Å². The number of benzene rings is 1. The standard InChI is InChI=1S/C18H16ClN3O2.C4H8O2/c1-2-13-16(18(23)24)17-20-14(10-5-7-12(19)8-6-10)9-15(11-3-4-11)22(17)21-13;1-3-6-4(2)5/h5-9,11H,2-4H2,1H3,(H,23,24);3H2,1-2H3. The van der Waals surface area contributed by atoms with Gasteiger partial charge in [0.15, 0.2) is 5.65 Å². The smallest absolute Gasteiger partial charge is 0.341 e. The van der Waals surface area contributed by atoms with Gasteiger partial charge in [-0.25, -0.2) is 14.3 Å². The summed E-state index contributed by atoms with van der Waals surface area (Å²) in [5.74, 6) is -0.769. The van der Waals surface area contributed by atoms with E-state index in [1.807, 2.05) is 37.3 Å². The Hall–Kier alpha value is -2.93. The zero-order valence-corrected chi connectivity index (χ0v) is 17.9. The lowest BCUT2D eigenvalue weighted by molar-refractivity contribution is -0.140. The zero-order chi connectivity index (χ0) is 21.8. The van der Waals surface area contributed by atoms with Crippen molar-refractivity contribution in [2.24, 2.45) is 0 Å². The van der Waals surface area contributed by atoms with Crippen molar-refractivity contribution in [3.8, 4) is 11.3 Å². The Bertz CT molecular complexity index is 1070. The highest BCUT2D eigenvalue weighted by Crippen LogP contribution is 2.41. The lowest BCUT2D eigenvalue weighted by Gasteiger charge is -2.08. The minimum absolute atomic E-state index is 0.204. The number of carboxylic acid groups (broad SMARTS) is 1. The molecule has 0 amide bonds. The molecule has 0 bridgehead atoms. The van der Waals surface area contributed by atoms with Gasteiger partial charge in [-0.2, -0.15) is 5.10 Å². The number of carbonyl (C=O) groups is 2. The van der Waals surface area contributed by atoms with Crippen LogP contribution in [0.25, 0.3) is 16.9 Å². The summed E-state index contributed by atoms with van der Waals surface area (Å²) >= 11 is 5.96. The van der Waals surface area contributed by atoms with Crippen molar-refractivity contribution in [1.29, 1.82) is 0 Å². The Morgan fingerprint density at radius 1 is 1.23 bits per heavy atom. The molecule has 1 N–H and O–H groups in total. The molecule has 0 atom stereocenters. The van der Waals surface area contributed by atoms with Gasteiger partial charge in [-0.3, -0.25) is 4.79 Å². The highest BCUT2D eigenvalue weighted by molar-refractivity contribution is 6.30. The molecule has 0 unspecified atom stereocenters. The second kappa shape index (κ2) is 9.26. The number of ether oxygens (including phenoxy) is 1. The molecule has 1 saturated carbocycles. The van der Waals surface area contributed by atoms with Crippen LogP contribution in [0, 0.1) is 0 Å². The number of aromatic carboxylic acids is 1. The first kappa shape index (κ1) is 21.8. The second-order valence-electron chi connectivity index (χ2n) is 6.99. The van der Waals surface area contributed by atoms with Gasteiger partial charge >= 0.3 is 11.9 Å². The van der Waals surface area contributed by atoms with E-state index in [9.17, 15) is 14.7 Å². The van der Waals surface area contributed by atoms with Crippen LogP contribution in [0.1, 0.15) is 61.3 Å². The Morgan fingerprint density at radius 3 is 2.37 bits per heavy atom. The van der Waals surface area contributed by atoms with Crippen molar-refractivity contribution in [3.63, 3.8) is 0 Å². The van der Waals surface area contributed by atoms with Crippen LogP contribution in [-0.4, -0.2) is 38.3 Å². The molecule has 30 heavy (non-hydrogen) atoms. The molecule has 3 aromatic rings. The van der Waals surface area contributed by atoms with Crippen LogP contribution in [0.2, 0.25) is 5.02 Å². The van der Waals surface area contributed by atoms with Crippen molar-refractivity contribution < 1.29 is 19.4 Å². The van der Waals surface area contributed by atoms with Gasteiger partial charge in [0.1, 0.15) is 5.56 Å². The monoisotopic (exact) mass is 429 g/mol. The van der Waals surface area contributed by atoms with Crippen molar-refractivity contribution in [3.05, 3.63) is 52.3 Å². The van der Waals surface area contributed by atoms with E-state index in [0.29, 0.717) is 35.3 Å². The average molecular weight is 430 g/mol. The first-order chi connectivity index (χ1) is 14.3. The first-order valence-corrected chi connectivity index (χ1v) is 10.3. The molecule has 1 aliphatic carbocycles. The SMILES string of the molecule is CCOC(C)=O.CCc1nn2c(C3CC3)cc(-c3ccc(Cl)cc3)nc2c1C(=O)O.